The minimum atomic E-state index is -3.65. The number of hydrogen-bond donors (Lipinski definition) is 0. The van der Waals surface area contributed by atoms with Crippen LogP contribution < -0.4 is 0 Å². The standard InChI is InChI=1S/C13H17ClN2O2S/c1-11(2)10-16(9-5-8-15)19(17,18)13-7-4-3-6-12(13)14/h3-4,6-7,11H,5,9-10H2,1-2H3. The normalized spacial score (nSPS) is 11.8. The first-order chi connectivity index (χ1) is 8.89. The Bertz CT molecular complexity index is 564. The van der Waals surface area contributed by atoms with Gasteiger partial charge in [-0.2, -0.15) is 9.57 Å². The highest BCUT2D eigenvalue weighted by Crippen LogP contribution is 2.24. The average Bonchev–Trinajstić information content (AvgIpc) is 2.34. The molecule has 19 heavy (non-hydrogen) atoms. The highest BCUT2D eigenvalue weighted by Gasteiger charge is 2.26. The maximum absolute atomic E-state index is 12.5. The summed E-state index contributed by atoms with van der Waals surface area (Å²) in [4.78, 5) is 0.0928. The van der Waals surface area contributed by atoms with E-state index in [-0.39, 0.29) is 28.8 Å². The molecule has 0 spiro atoms. The number of benzene rings is 1. The van der Waals surface area contributed by atoms with Crippen LogP contribution >= 0.6 is 11.6 Å². The van der Waals surface area contributed by atoms with Crippen LogP contribution in [0.4, 0.5) is 0 Å². The van der Waals surface area contributed by atoms with Crippen LogP contribution in [0.1, 0.15) is 20.3 Å². The number of rotatable bonds is 6. The Labute approximate surface area is 119 Å². The average molecular weight is 301 g/mol. The molecule has 0 atom stereocenters. The van der Waals surface area contributed by atoms with Crippen molar-refractivity contribution in [2.24, 2.45) is 5.92 Å². The topological polar surface area (TPSA) is 61.2 Å². The number of sulfonamides is 1. The third-order valence-corrected chi connectivity index (χ3v) is 4.86. The Morgan fingerprint density at radius 3 is 2.53 bits per heavy atom. The van der Waals surface area contributed by atoms with E-state index in [4.69, 9.17) is 16.9 Å². The first-order valence-corrected chi connectivity index (χ1v) is 7.83. The molecule has 0 aliphatic heterocycles. The second-order valence-corrected chi connectivity index (χ2v) is 6.91. The Morgan fingerprint density at radius 2 is 2.00 bits per heavy atom. The zero-order valence-corrected chi connectivity index (χ0v) is 12.6. The van der Waals surface area contributed by atoms with Crippen LogP contribution in [-0.4, -0.2) is 25.8 Å². The van der Waals surface area contributed by atoms with E-state index >= 15 is 0 Å². The minimum absolute atomic E-state index is 0.0928. The van der Waals surface area contributed by atoms with Crippen molar-refractivity contribution < 1.29 is 8.42 Å². The number of halogens is 1. The molecule has 0 fully saturated rings. The molecule has 6 heteroatoms. The molecule has 0 heterocycles. The van der Waals surface area contributed by atoms with Crippen LogP contribution in [0.15, 0.2) is 29.2 Å². The fraction of sp³-hybridized carbons (Fsp3) is 0.462. The van der Waals surface area contributed by atoms with Gasteiger partial charge in [0.25, 0.3) is 0 Å². The molecule has 0 saturated heterocycles. The SMILES string of the molecule is CC(C)CN(CCC#N)S(=O)(=O)c1ccccc1Cl. The first kappa shape index (κ1) is 16.0. The highest BCUT2D eigenvalue weighted by atomic mass is 35.5. The van der Waals surface area contributed by atoms with Gasteiger partial charge < -0.3 is 0 Å². The summed E-state index contributed by atoms with van der Waals surface area (Å²) in [5.41, 5.74) is 0. The Balaban J connectivity index is 3.12. The van der Waals surface area contributed by atoms with E-state index in [1.807, 2.05) is 19.9 Å². The lowest BCUT2D eigenvalue weighted by Gasteiger charge is -2.23. The van der Waals surface area contributed by atoms with Gasteiger partial charge in [-0.15, -0.1) is 0 Å². The molecule has 0 amide bonds. The van der Waals surface area contributed by atoms with Crippen LogP contribution in [0, 0.1) is 17.2 Å². The Morgan fingerprint density at radius 1 is 1.37 bits per heavy atom. The van der Waals surface area contributed by atoms with Gasteiger partial charge in [0.1, 0.15) is 4.90 Å². The molecule has 0 saturated carbocycles. The largest absolute Gasteiger partial charge is 0.244 e. The van der Waals surface area contributed by atoms with Crippen LogP contribution in [-0.2, 0) is 10.0 Å². The monoisotopic (exact) mass is 300 g/mol. The number of hydrogen-bond acceptors (Lipinski definition) is 3. The first-order valence-electron chi connectivity index (χ1n) is 6.01. The van der Waals surface area contributed by atoms with Crippen molar-refractivity contribution >= 4 is 21.6 Å². The van der Waals surface area contributed by atoms with Gasteiger partial charge in [0.05, 0.1) is 11.1 Å². The van der Waals surface area contributed by atoms with Crippen molar-refractivity contribution in [3.05, 3.63) is 29.3 Å². The lowest BCUT2D eigenvalue weighted by atomic mass is 10.2. The summed E-state index contributed by atoms with van der Waals surface area (Å²) in [5, 5.41) is 8.84. The second-order valence-electron chi connectivity index (χ2n) is 4.60. The predicted octanol–water partition coefficient (Wildman–Crippen LogP) is 2.90. The Kier molecular flexibility index (Phi) is 5.80. The van der Waals surface area contributed by atoms with Gasteiger partial charge in [-0.05, 0) is 18.1 Å². The van der Waals surface area contributed by atoms with Crippen molar-refractivity contribution in [2.75, 3.05) is 13.1 Å². The summed E-state index contributed by atoms with van der Waals surface area (Å²) < 4.78 is 26.4. The quantitative estimate of drug-likeness (QED) is 0.811. The van der Waals surface area contributed by atoms with Gasteiger partial charge in [-0.1, -0.05) is 37.6 Å². The molecule has 0 bridgehead atoms. The molecule has 0 aliphatic rings. The van der Waals surface area contributed by atoms with E-state index in [2.05, 4.69) is 0 Å². The van der Waals surface area contributed by atoms with Gasteiger partial charge in [0, 0.05) is 19.5 Å². The molecule has 1 aromatic rings. The van der Waals surface area contributed by atoms with Crippen molar-refractivity contribution in [3.8, 4) is 6.07 Å². The maximum Gasteiger partial charge on any atom is 0.244 e. The fourth-order valence-corrected chi connectivity index (χ4v) is 3.78. The third-order valence-electron chi connectivity index (χ3n) is 2.50. The fourth-order valence-electron chi connectivity index (χ4n) is 1.68. The molecule has 1 rings (SSSR count). The van der Waals surface area contributed by atoms with Crippen molar-refractivity contribution in [1.82, 2.24) is 4.31 Å². The number of nitrogens with zero attached hydrogens (tertiary/aromatic N) is 2. The Hall–Kier alpha value is -1.09. The van der Waals surface area contributed by atoms with E-state index in [0.29, 0.717) is 6.54 Å². The van der Waals surface area contributed by atoms with Crippen LogP contribution in [0.5, 0.6) is 0 Å². The van der Waals surface area contributed by atoms with Gasteiger partial charge in [0.15, 0.2) is 0 Å². The third kappa shape index (κ3) is 4.20. The van der Waals surface area contributed by atoms with Crippen LogP contribution in [0.25, 0.3) is 0 Å². The van der Waals surface area contributed by atoms with E-state index in [1.165, 1.54) is 10.4 Å². The molecular weight excluding hydrogens is 284 g/mol. The molecule has 1 aromatic carbocycles. The summed E-state index contributed by atoms with van der Waals surface area (Å²) in [5.74, 6) is 0.177. The summed E-state index contributed by atoms with van der Waals surface area (Å²) in [6.45, 7) is 4.42. The molecule has 0 radical (unpaired) electrons. The van der Waals surface area contributed by atoms with Gasteiger partial charge >= 0.3 is 0 Å². The van der Waals surface area contributed by atoms with E-state index in [1.54, 1.807) is 18.2 Å². The van der Waals surface area contributed by atoms with E-state index in [0.717, 1.165) is 0 Å². The molecule has 0 unspecified atom stereocenters. The summed E-state index contributed by atoms with van der Waals surface area (Å²) in [6.07, 6.45) is 0.163. The van der Waals surface area contributed by atoms with Crippen molar-refractivity contribution in [3.63, 3.8) is 0 Å². The maximum atomic E-state index is 12.5. The zero-order valence-electron chi connectivity index (χ0n) is 11.0. The summed E-state index contributed by atoms with van der Waals surface area (Å²) >= 11 is 5.95. The van der Waals surface area contributed by atoms with Crippen molar-refractivity contribution in [1.29, 1.82) is 5.26 Å². The molecule has 104 valence electrons. The summed E-state index contributed by atoms with van der Waals surface area (Å²) in [7, 11) is -3.65. The highest BCUT2D eigenvalue weighted by molar-refractivity contribution is 7.89. The minimum Gasteiger partial charge on any atom is -0.207 e. The van der Waals surface area contributed by atoms with Crippen LogP contribution in [0.3, 0.4) is 0 Å². The van der Waals surface area contributed by atoms with E-state index in [9.17, 15) is 8.42 Å². The molecular formula is C13H17ClN2O2S. The zero-order chi connectivity index (χ0) is 14.5. The molecule has 0 aliphatic carbocycles. The van der Waals surface area contributed by atoms with E-state index < -0.39 is 10.0 Å². The lowest BCUT2D eigenvalue weighted by Crippen LogP contribution is -2.35. The molecule has 0 aromatic heterocycles. The second kappa shape index (κ2) is 6.90. The summed E-state index contributed by atoms with van der Waals surface area (Å²) in [6, 6.07) is 8.32. The lowest BCUT2D eigenvalue weighted by molar-refractivity contribution is 0.373. The van der Waals surface area contributed by atoms with Gasteiger partial charge in [-0.3, -0.25) is 0 Å². The van der Waals surface area contributed by atoms with Gasteiger partial charge in [0.2, 0.25) is 10.0 Å². The number of nitriles is 1. The molecule has 0 N–H and O–H groups in total. The van der Waals surface area contributed by atoms with Gasteiger partial charge in [-0.25, -0.2) is 8.42 Å². The molecule has 4 nitrogen and oxygen atoms in total. The smallest absolute Gasteiger partial charge is 0.207 e. The van der Waals surface area contributed by atoms with Crippen LogP contribution in [0.2, 0.25) is 5.02 Å². The predicted molar refractivity (Wildman–Crippen MR) is 75.3 cm³/mol. The van der Waals surface area contributed by atoms with Crippen molar-refractivity contribution in [2.45, 2.75) is 25.2 Å².